The summed E-state index contributed by atoms with van der Waals surface area (Å²) in [6, 6.07) is 6.77. The molecule has 0 radical (unpaired) electrons. The number of sulfone groups is 2. The lowest BCUT2D eigenvalue weighted by Crippen LogP contribution is -2.55. The summed E-state index contributed by atoms with van der Waals surface area (Å²) in [4.78, 5) is 16.0. The minimum Gasteiger partial charge on any atom is -0.493 e. The van der Waals surface area contributed by atoms with Gasteiger partial charge in [-0.3, -0.25) is 9.69 Å². The number of amides is 1. The largest absolute Gasteiger partial charge is 0.493 e. The summed E-state index contributed by atoms with van der Waals surface area (Å²) in [5.41, 5.74) is 0. The third kappa shape index (κ3) is 4.59. The Labute approximate surface area is 192 Å². The van der Waals surface area contributed by atoms with Crippen molar-refractivity contribution in [2.75, 3.05) is 51.9 Å². The van der Waals surface area contributed by atoms with Gasteiger partial charge in [0.15, 0.2) is 36.9 Å². The Morgan fingerprint density at radius 3 is 2.33 bits per heavy atom. The van der Waals surface area contributed by atoms with Crippen molar-refractivity contribution in [1.29, 1.82) is 0 Å². The van der Waals surface area contributed by atoms with Crippen LogP contribution in [0.5, 0.6) is 11.5 Å². The Morgan fingerprint density at radius 1 is 1.03 bits per heavy atom. The summed E-state index contributed by atoms with van der Waals surface area (Å²) in [6.45, 7) is 1.42. The molecule has 0 N–H and O–H groups in total. The van der Waals surface area contributed by atoms with Crippen LogP contribution in [-0.4, -0.2) is 95.7 Å². The molecule has 10 nitrogen and oxygen atoms in total. The van der Waals surface area contributed by atoms with Gasteiger partial charge >= 0.3 is 0 Å². The van der Waals surface area contributed by atoms with E-state index < -0.39 is 36.7 Å². The minimum atomic E-state index is -3.98. The van der Waals surface area contributed by atoms with Crippen LogP contribution in [0.25, 0.3) is 0 Å². The van der Waals surface area contributed by atoms with Crippen LogP contribution < -0.4 is 9.47 Å². The van der Waals surface area contributed by atoms with Gasteiger partial charge in [-0.15, -0.1) is 0 Å². The Kier molecular flexibility index (Phi) is 6.43. The molecule has 2 aliphatic heterocycles. The van der Waals surface area contributed by atoms with Crippen molar-refractivity contribution in [3.05, 3.63) is 42.4 Å². The first-order valence-electron chi connectivity index (χ1n) is 10.4. The Hall–Kier alpha value is -2.57. The van der Waals surface area contributed by atoms with Crippen molar-refractivity contribution in [2.24, 2.45) is 0 Å². The summed E-state index contributed by atoms with van der Waals surface area (Å²) in [6.07, 6.45) is 1.43. The number of ether oxygens (including phenoxy) is 2. The molecule has 2 atom stereocenters. The van der Waals surface area contributed by atoms with E-state index in [4.69, 9.17) is 13.9 Å². The first-order chi connectivity index (χ1) is 15.7. The highest BCUT2D eigenvalue weighted by atomic mass is 32.2. The smallest absolute Gasteiger partial charge is 0.289 e. The molecule has 2 saturated heterocycles. The Morgan fingerprint density at radius 2 is 1.73 bits per heavy atom. The fourth-order valence-corrected chi connectivity index (χ4v) is 9.26. The number of carbonyl (C=O) groups excluding carboxylic acids is 1. The van der Waals surface area contributed by atoms with Gasteiger partial charge in [-0.25, -0.2) is 16.8 Å². The van der Waals surface area contributed by atoms with E-state index in [-0.39, 0.29) is 28.1 Å². The van der Waals surface area contributed by atoms with Crippen molar-refractivity contribution in [3.63, 3.8) is 0 Å². The quantitative estimate of drug-likeness (QED) is 0.566. The third-order valence-electron chi connectivity index (χ3n) is 6.16. The van der Waals surface area contributed by atoms with Crippen LogP contribution in [0.4, 0.5) is 0 Å². The Balaban J connectivity index is 1.55. The zero-order valence-corrected chi connectivity index (χ0v) is 20.0. The van der Waals surface area contributed by atoms with Gasteiger partial charge in [-0.1, -0.05) is 0 Å². The molecule has 0 unspecified atom stereocenters. The van der Waals surface area contributed by atoms with Gasteiger partial charge in [0.25, 0.3) is 5.91 Å². The number of methoxy groups -OCH3 is 2. The van der Waals surface area contributed by atoms with E-state index in [0.29, 0.717) is 31.9 Å². The zero-order valence-electron chi connectivity index (χ0n) is 18.3. The van der Waals surface area contributed by atoms with Gasteiger partial charge < -0.3 is 18.8 Å². The monoisotopic (exact) mass is 498 g/mol. The van der Waals surface area contributed by atoms with Crippen LogP contribution in [0, 0.1) is 0 Å². The highest BCUT2D eigenvalue weighted by Crippen LogP contribution is 2.34. The lowest BCUT2D eigenvalue weighted by molar-refractivity contribution is 0.0560. The van der Waals surface area contributed by atoms with Gasteiger partial charge in [0.1, 0.15) is 0 Å². The average Bonchev–Trinajstić information content (AvgIpc) is 3.46. The normalized spacial score (nSPS) is 23.4. The molecule has 0 saturated carbocycles. The van der Waals surface area contributed by atoms with E-state index in [2.05, 4.69) is 0 Å². The molecule has 0 spiro atoms. The molecule has 2 aromatic rings. The first kappa shape index (κ1) is 23.6. The summed E-state index contributed by atoms with van der Waals surface area (Å²) >= 11 is 0. The predicted octanol–water partition coefficient (Wildman–Crippen LogP) is 0.694. The number of piperazine rings is 1. The molecular weight excluding hydrogens is 472 g/mol. The lowest BCUT2D eigenvalue weighted by atomic mass is 10.2. The second-order valence-corrected chi connectivity index (χ2v) is 12.4. The van der Waals surface area contributed by atoms with Gasteiger partial charge in [-0.05, 0) is 24.3 Å². The van der Waals surface area contributed by atoms with Crippen LogP contribution >= 0.6 is 0 Å². The molecule has 0 aliphatic carbocycles. The molecule has 180 valence electrons. The van der Waals surface area contributed by atoms with Crippen molar-refractivity contribution >= 4 is 25.6 Å². The van der Waals surface area contributed by atoms with Crippen LogP contribution in [0.15, 0.2) is 45.9 Å². The van der Waals surface area contributed by atoms with Crippen molar-refractivity contribution < 1.29 is 35.5 Å². The number of hydrogen-bond acceptors (Lipinski definition) is 9. The van der Waals surface area contributed by atoms with Crippen LogP contribution in [0.3, 0.4) is 0 Å². The van der Waals surface area contributed by atoms with Crippen molar-refractivity contribution in [2.45, 2.75) is 16.2 Å². The molecule has 1 aromatic carbocycles. The number of benzene rings is 1. The topological polar surface area (TPSA) is 123 Å². The molecule has 1 amide bonds. The maximum absolute atomic E-state index is 13.5. The molecule has 2 fully saturated rings. The summed E-state index contributed by atoms with van der Waals surface area (Å²) < 4.78 is 67.6. The van der Waals surface area contributed by atoms with E-state index in [1.165, 1.54) is 38.7 Å². The number of hydrogen-bond donors (Lipinski definition) is 0. The molecular formula is C21H26N2O8S2. The summed E-state index contributed by atoms with van der Waals surface area (Å²) in [7, 11) is -4.68. The van der Waals surface area contributed by atoms with E-state index >= 15 is 0 Å². The molecule has 12 heteroatoms. The Bertz CT molecular complexity index is 1220. The maximum Gasteiger partial charge on any atom is 0.289 e. The summed E-state index contributed by atoms with van der Waals surface area (Å²) in [5.74, 6) is -0.0599. The number of rotatable bonds is 6. The second kappa shape index (κ2) is 8.99. The van der Waals surface area contributed by atoms with E-state index in [1.54, 1.807) is 17.0 Å². The molecule has 3 heterocycles. The zero-order chi connectivity index (χ0) is 23.8. The fraction of sp³-hybridized carbons (Fsp3) is 0.476. The second-order valence-electron chi connectivity index (χ2n) is 8.05. The molecule has 1 aromatic heterocycles. The SMILES string of the molecule is COc1ccc(S(=O)(=O)[C@H]2CS(=O)(=O)C[C@@H]2N2CCN(C(=O)c3ccco3)CC2)cc1OC. The van der Waals surface area contributed by atoms with E-state index in [0.717, 1.165) is 0 Å². The predicted molar refractivity (Wildman–Crippen MR) is 119 cm³/mol. The average molecular weight is 499 g/mol. The van der Waals surface area contributed by atoms with Crippen LogP contribution in [0.2, 0.25) is 0 Å². The van der Waals surface area contributed by atoms with E-state index in [1.807, 2.05) is 4.90 Å². The number of furan rings is 1. The molecule has 4 rings (SSSR count). The third-order valence-corrected chi connectivity index (χ3v) is 10.3. The molecule has 2 aliphatic rings. The summed E-state index contributed by atoms with van der Waals surface area (Å²) in [5, 5.41) is -1.12. The highest BCUT2D eigenvalue weighted by Gasteiger charge is 2.49. The maximum atomic E-state index is 13.5. The van der Waals surface area contributed by atoms with Gasteiger partial charge in [-0.2, -0.15) is 0 Å². The van der Waals surface area contributed by atoms with Gasteiger partial charge in [0.05, 0.1) is 42.1 Å². The van der Waals surface area contributed by atoms with Gasteiger partial charge in [0.2, 0.25) is 0 Å². The highest BCUT2D eigenvalue weighted by molar-refractivity contribution is 7.96. The standard InChI is InChI=1S/C21H26N2O8S2/c1-29-17-6-5-15(12-19(17)30-2)33(27,28)20-14-32(25,26)13-16(20)22-7-9-23(10-8-22)21(24)18-4-3-11-31-18/h3-6,11-12,16,20H,7-10,13-14H2,1-2H3/t16-,20-/m0/s1. The van der Waals surface area contributed by atoms with Gasteiger partial charge in [0, 0.05) is 38.3 Å². The first-order valence-corrected chi connectivity index (χ1v) is 13.8. The number of nitrogens with zero attached hydrogens (tertiary/aromatic N) is 2. The van der Waals surface area contributed by atoms with Crippen molar-refractivity contribution in [1.82, 2.24) is 9.80 Å². The van der Waals surface area contributed by atoms with Crippen LogP contribution in [-0.2, 0) is 19.7 Å². The fourth-order valence-electron chi connectivity index (χ4n) is 4.41. The lowest BCUT2D eigenvalue weighted by Gasteiger charge is -2.39. The minimum absolute atomic E-state index is 0.0149. The number of carbonyl (C=O) groups is 1. The van der Waals surface area contributed by atoms with Crippen LogP contribution in [0.1, 0.15) is 10.6 Å². The molecule has 33 heavy (non-hydrogen) atoms. The van der Waals surface area contributed by atoms with E-state index in [9.17, 15) is 21.6 Å². The van der Waals surface area contributed by atoms with Crippen molar-refractivity contribution in [3.8, 4) is 11.5 Å². The molecule has 0 bridgehead atoms.